The van der Waals surface area contributed by atoms with Crippen LogP contribution in [0.4, 0.5) is 0 Å². The summed E-state index contributed by atoms with van der Waals surface area (Å²) in [5.41, 5.74) is 0.451. The van der Waals surface area contributed by atoms with Crippen LogP contribution in [0.15, 0.2) is 6.33 Å². The van der Waals surface area contributed by atoms with E-state index in [0.29, 0.717) is 5.41 Å². The summed E-state index contributed by atoms with van der Waals surface area (Å²) >= 11 is 0. The predicted molar refractivity (Wildman–Crippen MR) is 70.7 cm³/mol. The Balaban J connectivity index is 2.43. The lowest BCUT2D eigenvalue weighted by molar-refractivity contribution is 0.339. The summed E-state index contributed by atoms with van der Waals surface area (Å²) < 4.78 is 1.94. The van der Waals surface area contributed by atoms with E-state index in [1.54, 1.807) is 0 Å². The molecule has 0 aliphatic carbocycles. The van der Waals surface area contributed by atoms with Crippen molar-refractivity contribution >= 4 is 0 Å². The Morgan fingerprint density at radius 3 is 2.35 bits per heavy atom. The van der Waals surface area contributed by atoms with E-state index in [0.717, 1.165) is 25.3 Å². The lowest BCUT2D eigenvalue weighted by Crippen LogP contribution is -2.35. The van der Waals surface area contributed by atoms with Crippen LogP contribution in [0.2, 0.25) is 0 Å². The second-order valence-corrected chi connectivity index (χ2v) is 6.84. The van der Waals surface area contributed by atoms with Gasteiger partial charge in [-0.15, -0.1) is 0 Å². The molecule has 0 fully saturated rings. The summed E-state index contributed by atoms with van der Waals surface area (Å²) in [7, 11) is 0. The zero-order chi connectivity index (χ0) is 13.1. The highest BCUT2D eigenvalue weighted by molar-refractivity contribution is 4.84. The van der Waals surface area contributed by atoms with Crippen molar-refractivity contribution in [2.45, 2.75) is 66.6 Å². The number of nitrogens with one attached hydrogen (secondary N) is 1. The third kappa shape index (κ3) is 6.41. The molecule has 98 valence electrons. The van der Waals surface area contributed by atoms with Crippen LogP contribution >= 0.6 is 0 Å². The van der Waals surface area contributed by atoms with Crippen LogP contribution in [-0.2, 0) is 13.1 Å². The minimum atomic E-state index is 0.108. The van der Waals surface area contributed by atoms with Crippen LogP contribution in [0, 0.1) is 5.41 Å². The first-order valence-corrected chi connectivity index (χ1v) is 6.29. The minimum Gasteiger partial charge on any atom is -0.305 e. The molecule has 0 aromatic carbocycles. The topological polar surface area (TPSA) is 42.7 Å². The van der Waals surface area contributed by atoms with Crippen molar-refractivity contribution in [3.8, 4) is 0 Å². The first kappa shape index (κ1) is 14.2. The van der Waals surface area contributed by atoms with Crippen LogP contribution in [0.3, 0.4) is 0 Å². The van der Waals surface area contributed by atoms with E-state index >= 15 is 0 Å². The highest BCUT2D eigenvalue weighted by Crippen LogP contribution is 2.18. The van der Waals surface area contributed by atoms with E-state index in [1.807, 2.05) is 11.0 Å². The quantitative estimate of drug-likeness (QED) is 0.876. The molecule has 0 atom stereocenters. The Bertz CT molecular complexity index is 309. The molecule has 0 saturated heterocycles. The summed E-state index contributed by atoms with van der Waals surface area (Å²) in [5, 5.41) is 7.84. The van der Waals surface area contributed by atoms with Crippen molar-refractivity contribution < 1.29 is 0 Å². The smallest absolute Gasteiger partial charge is 0.164 e. The van der Waals surface area contributed by atoms with Crippen molar-refractivity contribution in [2.75, 3.05) is 0 Å². The molecule has 1 aromatic heterocycles. The maximum absolute atomic E-state index is 4.46. The van der Waals surface area contributed by atoms with E-state index in [1.165, 1.54) is 0 Å². The van der Waals surface area contributed by atoms with Gasteiger partial charge in [0.1, 0.15) is 6.33 Å². The van der Waals surface area contributed by atoms with Gasteiger partial charge in [-0.2, -0.15) is 5.10 Å². The number of nitrogens with zero attached hydrogens (tertiary/aromatic N) is 3. The van der Waals surface area contributed by atoms with Gasteiger partial charge in [0, 0.05) is 12.1 Å². The number of aryl methyl sites for hydroxylation is 1. The molecular weight excluding hydrogens is 212 g/mol. The summed E-state index contributed by atoms with van der Waals surface area (Å²) in [6.07, 6.45) is 2.94. The van der Waals surface area contributed by atoms with E-state index in [4.69, 9.17) is 0 Å². The molecule has 0 aliphatic rings. The summed E-state index contributed by atoms with van der Waals surface area (Å²) in [6, 6.07) is 0. The molecule has 4 nitrogen and oxygen atoms in total. The van der Waals surface area contributed by atoms with Crippen molar-refractivity contribution in [1.29, 1.82) is 0 Å². The van der Waals surface area contributed by atoms with Gasteiger partial charge >= 0.3 is 0 Å². The molecule has 0 spiro atoms. The fourth-order valence-corrected chi connectivity index (χ4v) is 1.32. The van der Waals surface area contributed by atoms with Gasteiger partial charge in [-0.05, 0) is 32.6 Å². The molecule has 0 amide bonds. The highest BCUT2D eigenvalue weighted by Gasteiger charge is 2.12. The predicted octanol–water partition coefficient (Wildman–Crippen LogP) is 2.60. The summed E-state index contributed by atoms with van der Waals surface area (Å²) in [5.74, 6) is 0.869. The maximum Gasteiger partial charge on any atom is 0.164 e. The fraction of sp³-hybridized carbons (Fsp3) is 0.846. The van der Waals surface area contributed by atoms with Gasteiger partial charge in [0.15, 0.2) is 5.82 Å². The Hall–Kier alpha value is -0.900. The lowest BCUT2D eigenvalue weighted by Gasteiger charge is -2.19. The van der Waals surface area contributed by atoms with Crippen LogP contribution < -0.4 is 5.32 Å². The molecule has 0 unspecified atom stereocenters. The van der Waals surface area contributed by atoms with Gasteiger partial charge in [-0.25, -0.2) is 4.98 Å². The monoisotopic (exact) mass is 238 g/mol. The van der Waals surface area contributed by atoms with E-state index in [-0.39, 0.29) is 5.54 Å². The average Bonchev–Trinajstić information content (AvgIpc) is 2.57. The zero-order valence-electron chi connectivity index (χ0n) is 12.0. The molecule has 0 radical (unpaired) electrons. The molecule has 0 bridgehead atoms. The van der Waals surface area contributed by atoms with Gasteiger partial charge < -0.3 is 5.32 Å². The number of rotatable bonds is 4. The third-order valence-corrected chi connectivity index (χ3v) is 2.45. The molecular formula is C13H26N4. The van der Waals surface area contributed by atoms with Gasteiger partial charge in [0.2, 0.25) is 0 Å². The Morgan fingerprint density at radius 1 is 1.18 bits per heavy atom. The molecule has 0 aliphatic heterocycles. The molecule has 1 N–H and O–H groups in total. The number of hydrogen-bond acceptors (Lipinski definition) is 3. The Kier molecular flexibility index (Phi) is 4.31. The van der Waals surface area contributed by atoms with Gasteiger partial charge in [-0.1, -0.05) is 20.8 Å². The summed E-state index contributed by atoms with van der Waals surface area (Å²) in [6.45, 7) is 14.8. The third-order valence-electron chi connectivity index (χ3n) is 2.45. The highest BCUT2D eigenvalue weighted by atomic mass is 15.3. The van der Waals surface area contributed by atoms with Gasteiger partial charge in [0.05, 0.1) is 6.54 Å². The first-order chi connectivity index (χ1) is 7.66. The Morgan fingerprint density at radius 2 is 1.82 bits per heavy atom. The molecule has 1 heterocycles. The SMILES string of the molecule is CC(C)(C)CCn1cnc(CNC(C)(C)C)n1. The maximum atomic E-state index is 4.46. The largest absolute Gasteiger partial charge is 0.305 e. The fourth-order valence-electron chi connectivity index (χ4n) is 1.32. The molecule has 4 heteroatoms. The van der Waals surface area contributed by atoms with Crippen molar-refractivity contribution in [1.82, 2.24) is 20.1 Å². The lowest BCUT2D eigenvalue weighted by atomic mass is 9.92. The van der Waals surface area contributed by atoms with E-state index in [9.17, 15) is 0 Å². The first-order valence-electron chi connectivity index (χ1n) is 6.29. The standard InChI is InChI=1S/C13H26N4/c1-12(2,3)7-8-17-10-14-11(16-17)9-15-13(4,5)6/h10,15H,7-9H2,1-6H3. The second-order valence-electron chi connectivity index (χ2n) is 6.84. The molecule has 17 heavy (non-hydrogen) atoms. The van der Waals surface area contributed by atoms with Crippen LogP contribution in [0.1, 0.15) is 53.8 Å². The van der Waals surface area contributed by atoms with Gasteiger partial charge in [-0.3, -0.25) is 4.68 Å². The molecule has 0 saturated carbocycles. The summed E-state index contributed by atoms with van der Waals surface area (Å²) in [4.78, 5) is 4.31. The molecule has 1 rings (SSSR count). The van der Waals surface area contributed by atoms with Crippen LogP contribution in [0.25, 0.3) is 0 Å². The Labute approximate surface area is 105 Å². The van der Waals surface area contributed by atoms with Gasteiger partial charge in [0.25, 0.3) is 0 Å². The average molecular weight is 238 g/mol. The van der Waals surface area contributed by atoms with E-state index < -0.39 is 0 Å². The number of aromatic nitrogens is 3. The zero-order valence-corrected chi connectivity index (χ0v) is 12.0. The van der Waals surface area contributed by atoms with Crippen LogP contribution in [0.5, 0.6) is 0 Å². The van der Waals surface area contributed by atoms with E-state index in [2.05, 4.69) is 56.9 Å². The normalized spacial score (nSPS) is 13.1. The van der Waals surface area contributed by atoms with Crippen molar-refractivity contribution in [2.24, 2.45) is 5.41 Å². The number of hydrogen-bond donors (Lipinski definition) is 1. The minimum absolute atomic E-state index is 0.108. The molecule has 1 aromatic rings. The van der Waals surface area contributed by atoms with Crippen molar-refractivity contribution in [3.05, 3.63) is 12.2 Å². The second kappa shape index (κ2) is 5.17. The van der Waals surface area contributed by atoms with Crippen molar-refractivity contribution in [3.63, 3.8) is 0 Å². The van der Waals surface area contributed by atoms with Crippen LogP contribution in [-0.4, -0.2) is 20.3 Å².